The molecule has 4 aromatic rings. The van der Waals surface area contributed by atoms with E-state index < -0.39 is 0 Å². The van der Waals surface area contributed by atoms with Gasteiger partial charge in [0.05, 0.1) is 18.6 Å². The Morgan fingerprint density at radius 3 is 2.37 bits per heavy atom. The van der Waals surface area contributed by atoms with Gasteiger partial charge in [-0.1, -0.05) is 72.4 Å². The minimum absolute atomic E-state index is 0.0643. The number of carbonyl (C=O) groups is 1. The van der Waals surface area contributed by atoms with Crippen molar-refractivity contribution >= 4 is 17.5 Å². The third-order valence-electron chi connectivity index (χ3n) is 4.07. The van der Waals surface area contributed by atoms with Gasteiger partial charge in [0.15, 0.2) is 16.8 Å². The van der Waals surface area contributed by atoms with E-state index in [1.807, 2.05) is 77.4 Å². The molecule has 0 saturated heterocycles. The molecule has 27 heavy (non-hydrogen) atoms. The summed E-state index contributed by atoms with van der Waals surface area (Å²) in [6.45, 7) is 0.506. The quantitative estimate of drug-likeness (QED) is 0.350. The summed E-state index contributed by atoms with van der Waals surface area (Å²) in [4.78, 5) is 12.4. The first-order valence-electron chi connectivity index (χ1n) is 8.53. The van der Waals surface area contributed by atoms with Crippen LogP contribution in [0.25, 0.3) is 11.4 Å². The van der Waals surface area contributed by atoms with Gasteiger partial charge in [0, 0.05) is 11.1 Å². The molecule has 134 valence electrons. The van der Waals surface area contributed by atoms with Crippen molar-refractivity contribution in [2.24, 2.45) is 0 Å². The van der Waals surface area contributed by atoms with Gasteiger partial charge in [0.2, 0.25) is 0 Å². The van der Waals surface area contributed by atoms with Crippen molar-refractivity contribution in [1.82, 2.24) is 14.8 Å². The summed E-state index contributed by atoms with van der Waals surface area (Å²) in [7, 11) is 0. The van der Waals surface area contributed by atoms with E-state index in [4.69, 9.17) is 4.42 Å². The molecule has 0 saturated carbocycles. The molecular formula is C21H17N3O2S. The Hall–Kier alpha value is -3.12. The Kier molecular flexibility index (Phi) is 5.16. The first-order chi connectivity index (χ1) is 13.3. The van der Waals surface area contributed by atoms with Crippen LogP contribution >= 0.6 is 11.8 Å². The fourth-order valence-electron chi connectivity index (χ4n) is 2.73. The van der Waals surface area contributed by atoms with Crippen LogP contribution in [0.15, 0.2) is 88.6 Å². The van der Waals surface area contributed by atoms with Crippen molar-refractivity contribution in [3.05, 3.63) is 90.4 Å². The first kappa shape index (κ1) is 17.3. The molecule has 0 N–H and O–H groups in total. The van der Waals surface area contributed by atoms with Gasteiger partial charge < -0.3 is 4.42 Å². The highest BCUT2D eigenvalue weighted by atomic mass is 32.2. The Bertz CT molecular complexity index is 1010. The third kappa shape index (κ3) is 4.01. The monoisotopic (exact) mass is 375 g/mol. The number of nitrogens with zero attached hydrogens (tertiary/aromatic N) is 3. The van der Waals surface area contributed by atoms with Gasteiger partial charge in [0.1, 0.15) is 5.76 Å². The maximum Gasteiger partial charge on any atom is 0.192 e. The summed E-state index contributed by atoms with van der Waals surface area (Å²) in [5.41, 5.74) is 1.67. The van der Waals surface area contributed by atoms with E-state index in [0.717, 1.165) is 17.1 Å². The van der Waals surface area contributed by atoms with Crippen molar-refractivity contribution in [3.8, 4) is 11.4 Å². The van der Waals surface area contributed by atoms with E-state index in [0.29, 0.717) is 23.0 Å². The highest BCUT2D eigenvalue weighted by Gasteiger charge is 2.17. The molecule has 0 spiro atoms. The number of rotatable bonds is 7. The van der Waals surface area contributed by atoms with Gasteiger partial charge in [-0.3, -0.25) is 9.36 Å². The van der Waals surface area contributed by atoms with Gasteiger partial charge in [-0.15, -0.1) is 10.2 Å². The highest BCUT2D eigenvalue weighted by molar-refractivity contribution is 7.99. The number of benzene rings is 2. The maximum atomic E-state index is 12.4. The fourth-order valence-corrected chi connectivity index (χ4v) is 3.57. The summed E-state index contributed by atoms with van der Waals surface area (Å²) < 4.78 is 7.48. The molecule has 0 aliphatic carbocycles. The molecule has 0 fully saturated rings. The normalized spacial score (nSPS) is 10.8. The van der Waals surface area contributed by atoms with Crippen LogP contribution in [0.1, 0.15) is 16.1 Å². The molecule has 4 rings (SSSR count). The smallest absolute Gasteiger partial charge is 0.192 e. The summed E-state index contributed by atoms with van der Waals surface area (Å²) in [5, 5.41) is 9.37. The topological polar surface area (TPSA) is 60.9 Å². The lowest BCUT2D eigenvalue weighted by Gasteiger charge is -2.08. The number of carbonyl (C=O) groups excluding carboxylic acids is 1. The van der Waals surface area contributed by atoms with Crippen LogP contribution in [-0.2, 0) is 6.54 Å². The second-order valence-corrected chi connectivity index (χ2v) is 6.86. The lowest BCUT2D eigenvalue weighted by Crippen LogP contribution is -2.06. The second kappa shape index (κ2) is 8.05. The molecule has 6 heteroatoms. The van der Waals surface area contributed by atoms with Crippen LogP contribution in [0.5, 0.6) is 0 Å². The largest absolute Gasteiger partial charge is 0.467 e. The molecule has 2 aromatic heterocycles. The number of thioether (sulfide) groups is 1. The standard InChI is InChI=1S/C21H17N3O2S/c25-19(16-8-3-1-4-9-16)15-27-21-23-22-20(17-10-5-2-6-11-17)24(21)14-18-12-7-13-26-18/h1-13H,14-15H2. The van der Waals surface area contributed by atoms with Crippen LogP contribution in [0.3, 0.4) is 0 Å². The second-order valence-electron chi connectivity index (χ2n) is 5.92. The molecule has 2 aromatic carbocycles. The van der Waals surface area contributed by atoms with Gasteiger partial charge >= 0.3 is 0 Å². The Morgan fingerprint density at radius 2 is 1.67 bits per heavy atom. The van der Waals surface area contributed by atoms with Crippen molar-refractivity contribution in [2.45, 2.75) is 11.7 Å². The van der Waals surface area contributed by atoms with E-state index in [-0.39, 0.29) is 5.78 Å². The van der Waals surface area contributed by atoms with E-state index in [9.17, 15) is 4.79 Å². The van der Waals surface area contributed by atoms with Crippen molar-refractivity contribution < 1.29 is 9.21 Å². The average Bonchev–Trinajstić information content (AvgIpc) is 3.38. The van der Waals surface area contributed by atoms with Crippen LogP contribution in [0.2, 0.25) is 0 Å². The summed E-state index contributed by atoms with van der Waals surface area (Å²) >= 11 is 1.39. The molecule has 0 amide bonds. The SMILES string of the molecule is O=C(CSc1nnc(-c2ccccc2)n1Cc1ccco1)c1ccccc1. The van der Waals surface area contributed by atoms with Gasteiger partial charge in [-0.25, -0.2) is 0 Å². The van der Waals surface area contributed by atoms with Crippen molar-refractivity contribution in [1.29, 1.82) is 0 Å². The summed E-state index contributed by atoms with van der Waals surface area (Å²) in [5.74, 6) is 1.93. The van der Waals surface area contributed by atoms with E-state index in [1.165, 1.54) is 11.8 Å². The molecule has 0 bridgehead atoms. The Labute approximate surface area is 161 Å². The molecule has 0 aliphatic heterocycles. The van der Waals surface area contributed by atoms with Gasteiger partial charge in [-0.05, 0) is 12.1 Å². The Balaban J connectivity index is 1.60. The number of hydrogen-bond acceptors (Lipinski definition) is 5. The molecular weight excluding hydrogens is 358 g/mol. The summed E-state index contributed by atoms with van der Waals surface area (Å²) in [6.07, 6.45) is 1.65. The maximum absolute atomic E-state index is 12.4. The van der Waals surface area contributed by atoms with E-state index in [2.05, 4.69) is 10.2 Å². The zero-order chi connectivity index (χ0) is 18.5. The number of Topliss-reactive ketones (excluding diaryl/α,β-unsaturated/α-hetero) is 1. The van der Waals surface area contributed by atoms with Gasteiger partial charge in [0.25, 0.3) is 0 Å². The van der Waals surface area contributed by atoms with Crippen molar-refractivity contribution in [3.63, 3.8) is 0 Å². The fraction of sp³-hybridized carbons (Fsp3) is 0.0952. The zero-order valence-electron chi connectivity index (χ0n) is 14.5. The molecule has 0 atom stereocenters. The van der Waals surface area contributed by atoms with Crippen LogP contribution in [0.4, 0.5) is 0 Å². The summed E-state index contributed by atoms with van der Waals surface area (Å²) in [6, 6.07) is 22.9. The molecule has 0 aliphatic rings. The molecule has 0 radical (unpaired) electrons. The number of aromatic nitrogens is 3. The highest BCUT2D eigenvalue weighted by Crippen LogP contribution is 2.25. The van der Waals surface area contributed by atoms with Crippen LogP contribution in [0, 0.1) is 0 Å². The third-order valence-corrected chi connectivity index (χ3v) is 5.04. The lowest BCUT2D eigenvalue weighted by molar-refractivity contribution is 0.102. The first-order valence-corrected chi connectivity index (χ1v) is 9.52. The predicted octanol–water partition coefficient (Wildman–Crippen LogP) is 4.56. The zero-order valence-corrected chi connectivity index (χ0v) is 15.3. The molecule has 5 nitrogen and oxygen atoms in total. The number of hydrogen-bond donors (Lipinski definition) is 0. The van der Waals surface area contributed by atoms with Gasteiger partial charge in [-0.2, -0.15) is 0 Å². The Morgan fingerprint density at radius 1 is 0.926 bits per heavy atom. The average molecular weight is 375 g/mol. The van der Waals surface area contributed by atoms with Crippen molar-refractivity contribution in [2.75, 3.05) is 5.75 Å². The van der Waals surface area contributed by atoms with Crippen LogP contribution < -0.4 is 0 Å². The molecule has 0 unspecified atom stereocenters. The molecule has 2 heterocycles. The predicted molar refractivity (Wildman–Crippen MR) is 105 cm³/mol. The minimum atomic E-state index is 0.0643. The number of furan rings is 1. The van der Waals surface area contributed by atoms with E-state index >= 15 is 0 Å². The van der Waals surface area contributed by atoms with E-state index in [1.54, 1.807) is 6.26 Å². The number of ketones is 1. The minimum Gasteiger partial charge on any atom is -0.467 e. The lowest BCUT2D eigenvalue weighted by atomic mass is 10.2. The van der Waals surface area contributed by atoms with Crippen LogP contribution in [-0.4, -0.2) is 26.3 Å².